The third-order valence-corrected chi connectivity index (χ3v) is 2.42. The molecule has 100 valence electrons. The third kappa shape index (κ3) is 3.26. The Kier molecular flexibility index (Phi) is 4.04. The van der Waals surface area contributed by atoms with Crippen molar-refractivity contribution in [2.45, 2.75) is 13.3 Å². The van der Waals surface area contributed by atoms with Crippen LogP contribution in [0.15, 0.2) is 23.0 Å². The molecule has 4 N–H and O–H groups in total. The van der Waals surface area contributed by atoms with Crippen LogP contribution in [-0.4, -0.2) is 27.6 Å². The lowest BCUT2D eigenvalue weighted by molar-refractivity contribution is 0.0954. The summed E-state index contributed by atoms with van der Waals surface area (Å²) >= 11 is 0. The van der Waals surface area contributed by atoms with Crippen LogP contribution >= 0.6 is 0 Å². The van der Waals surface area contributed by atoms with Gasteiger partial charge in [-0.2, -0.15) is 4.98 Å². The number of rotatable bonds is 5. The minimum absolute atomic E-state index is 0.263. The number of hydrazine groups is 1. The summed E-state index contributed by atoms with van der Waals surface area (Å²) in [5.74, 6) is 6.12. The predicted octanol–water partition coefficient (Wildman–Crippen LogP) is 0.0311. The zero-order valence-electron chi connectivity index (χ0n) is 10.4. The van der Waals surface area contributed by atoms with Gasteiger partial charge in [0.2, 0.25) is 5.89 Å². The molecule has 2 heterocycles. The second kappa shape index (κ2) is 5.91. The van der Waals surface area contributed by atoms with Crippen molar-refractivity contribution in [3.63, 3.8) is 0 Å². The minimum Gasteiger partial charge on any atom is -0.351 e. The van der Waals surface area contributed by atoms with E-state index in [-0.39, 0.29) is 5.91 Å². The lowest BCUT2D eigenvalue weighted by Crippen LogP contribution is -2.27. The molecule has 0 fully saturated rings. The van der Waals surface area contributed by atoms with Crippen LogP contribution in [0.5, 0.6) is 0 Å². The predicted molar refractivity (Wildman–Crippen MR) is 67.1 cm³/mol. The summed E-state index contributed by atoms with van der Waals surface area (Å²) in [7, 11) is 0. The van der Waals surface area contributed by atoms with Crippen molar-refractivity contribution in [3.05, 3.63) is 35.7 Å². The van der Waals surface area contributed by atoms with E-state index in [1.807, 2.05) is 0 Å². The van der Waals surface area contributed by atoms with Gasteiger partial charge in [0.15, 0.2) is 5.82 Å². The SMILES string of the molecule is Cc1nc(CCNC(=O)c2cnccc2NN)no1. The number of hydrogen-bond donors (Lipinski definition) is 3. The number of pyridine rings is 1. The fraction of sp³-hybridized carbons (Fsp3) is 0.273. The molecule has 0 aliphatic rings. The number of nitrogen functional groups attached to an aromatic ring is 1. The van der Waals surface area contributed by atoms with Crippen LogP contribution in [0.4, 0.5) is 5.69 Å². The maximum atomic E-state index is 11.9. The first-order chi connectivity index (χ1) is 9.20. The van der Waals surface area contributed by atoms with Crippen molar-refractivity contribution >= 4 is 11.6 Å². The summed E-state index contributed by atoms with van der Waals surface area (Å²) in [6.45, 7) is 2.11. The molecule has 2 rings (SSSR count). The van der Waals surface area contributed by atoms with Gasteiger partial charge in [0, 0.05) is 32.3 Å². The molecule has 0 spiro atoms. The molecular weight excluding hydrogens is 248 g/mol. The molecule has 8 nitrogen and oxygen atoms in total. The summed E-state index contributed by atoms with van der Waals surface area (Å²) in [5.41, 5.74) is 3.35. The molecular formula is C11H14N6O2. The summed E-state index contributed by atoms with van der Waals surface area (Å²) < 4.78 is 4.83. The number of carbonyl (C=O) groups excluding carboxylic acids is 1. The Morgan fingerprint density at radius 2 is 2.37 bits per heavy atom. The van der Waals surface area contributed by atoms with Crippen molar-refractivity contribution in [2.75, 3.05) is 12.0 Å². The number of aryl methyl sites for hydroxylation is 1. The molecule has 0 aromatic carbocycles. The Hall–Kier alpha value is -2.48. The second-order valence-electron chi connectivity index (χ2n) is 3.80. The Morgan fingerprint density at radius 3 is 3.05 bits per heavy atom. The van der Waals surface area contributed by atoms with Crippen molar-refractivity contribution in [1.29, 1.82) is 0 Å². The average molecular weight is 262 g/mol. The average Bonchev–Trinajstić information content (AvgIpc) is 2.84. The van der Waals surface area contributed by atoms with E-state index in [9.17, 15) is 4.79 Å². The zero-order chi connectivity index (χ0) is 13.7. The standard InChI is InChI=1S/C11H14N6O2/c1-7-15-10(17-19-7)3-5-14-11(18)8-6-13-4-2-9(8)16-12/h2,4,6H,3,5,12H2,1H3,(H,13,16)(H,14,18). The van der Waals surface area contributed by atoms with Crippen molar-refractivity contribution in [3.8, 4) is 0 Å². The quantitative estimate of drug-likeness (QED) is 0.513. The number of hydrogen-bond acceptors (Lipinski definition) is 7. The highest BCUT2D eigenvalue weighted by atomic mass is 16.5. The van der Waals surface area contributed by atoms with E-state index >= 15 is 0 Å². The Morgan fingerprint density at radius 1 is 1.53 bits per heavy atom. The Balaban J connectivity index is 1.90. The van der Waals surface area contributed by atoms with Crippen LogP contribution in [0, 0.1) is 6.92 Å². The number of nitrogens with two attached hydrogens (primary N) is 1. The van der Waals surface area contributed by atoms with E-state index in [4.69, 9.17) is 10.4 Å². The minimum atomic E-state index is -0.263. The van der Waals surface area contributed by atoms with Gasteiger partial charge in [0.25, 0.3) is 5.91 Å². The molecule has 0 saturated heterocycles. The van der Waals surface area contributed by atoms with E-state index in [0.29, 0.717) is 35.9 Å². The van der Waals surface area contributed by atoms with Crippen LogP contribution in [-0.2, 0) is 6.42 Å². The number of nitrogens with one attached hydrogen (secondary N) is 2. The van der Waals surface area contributed by atoms with Gasteiger partial charge < -0.3 is 15.3 Å². The molecule has 0 saturated carbocycles. The summed E-state index contributed by atoms with van der Waals surface area (Å²) in [4.78, 5) is 19.8. The highest BCUT2D eigenvalue weighted by Gasteiger charge is 2.11. The number of amides is 1. The van der Waals surface area contributed by atoms with Gasteiger partial charge in [-0.3, -0.25) is 15.6 Å². The monoisotopic (exact) mass is 262 g/mol. The van der Waals surface area contributed by atoms with Crippen molar-refractivity contribution < 1.29 is 9.32 Å². The molecule has 19 heavy (non-hydrogen) atoms. The first kappa shape index (κ1) is 13.0. The van der Waals surface area contributed by atoms with E-state index in [0.717, 1.165) is 0 Å². The van der Waals surface area contributed by atoms with Crippen LogP contribution < -0.4 is 16.6 Å². The largest absolute Gasteiger partial charge is 0.351 e. The van der Waals surface area contributed by atoms with Crippen LogP contribution in [0.3, 0.4) is 0 Å². The van der Waals surface area contributed by atoms with E-state index in [1.165, 1.54) is 6.20 Å². The van der Waals surface area contributed by atoms with Gasteiger partial charge in [0.1, 0.15) is 0 Å². The normalized spacial score (nSPS) is 10.2. The smallest absolute Gasteiger partial charge is 0.255 e. The number of anilines is 1. The molecule has 0 bridgehead atoms. The molecule has 0 radical (unpaired) electrons. The maximum Gasteiger partial charge on any atom is 0.255 e. The van der Waals surface area contributed by atoms with Crippen LogP contribution in [0.25, 0.3) is 0 Å². The third-order valence-electron chi connectivity index (χ3n) is 2.42. The zero-order valence-corrected chi connectivity index (χ0v) is 10.4. The molecule has 0 unspecified atom stereocenters. The second-order valence-corrected chi connectivity index (χ2v) is 3.80. The van der Waals surface area contributed by atoms with Gasteiger partial charge >= 0.3 is 0 Å². The van der Waals surface area contributed by atoms with E-state index in [2.05, 4.69) is 25.9 Å². The van der Waals surface area contributed by atoms with Crippen molar-refractivity contribution in [2.24, 2.45) is 5.84 Å². The molecule has 2 aromatic heterocycles. The Labute approximate surface area is 109 Å². The van der Waals surface area contributed by atoms with Gasteiger partial charge in [-0.05, 0) is 6.07 Å². The van der Waals surface area contributed by atoms with Crippen molar-refractivity contribution in [1.82, 2.24) is 20.4 Å². The fourth-order valence-corrected chi connectivity index (χ4v) is 1.53. The molecule has 2 aromatic rings. The highest BCUT2D eigenvalue weighted by molar-refractivity contribution is 5.99. The first-order valence-electron chi connectivity index (χ1n) is 5.68. The van der Waals surface area contributed by atoms with Gasteiger partial charge in [0.05, 0.1) is 11.3 Å². The number of carbonyl (C=O) groups is 1. The maximum absolute atomic E-state index is 11.9. The molecule has 0 aliphatic heterocycles. The number of nitrogens with zero attached hydrogens (tertiary/aromatic N) is 3. The van der Waals surface area contributed by atoms with Crippen LogP contribution in [0.2, 0.25) is 0 Å². The molecule has 0 atom stereocenters. The fourth-order valence-electron chi connectivity index (χ4n) is 1.53. The van der Waals surface area contributed by atoms with Gasteiger partial charge in [-0.1, -0.05) is 5.16 Å². The molecule has 0 aliphatic carbocycles. The van der Waals surface area contributed by atoms with Gasteiger partial charge in [-0.15, -0.1) is 0 Å². The summed E-state index contributed by atoms with van der Waals surface area (Å²) in [6, 6.07) is 1.62. The molecule has 1 amide bonds. The Bertz CT molecular complexity index is 568. The highest BCUT2D eigenvalue weighted by Crippen LogP contribution is 2.11. The topological polar surface area (TPSA) is 119 Å². The first-order valence-corrected chi connectivity index (χ1v) is 5.68. The summed E-state index contributed by atoms with van der Waals surface area (Å²) in [6.07, 6.45) is 3.49. The van der Waals surface area contributed by atoms with E-state index < -0.39 is 0 Å². The van der Waals surface area contributed by atoms with E-state index in [1.54, 1.807) is 19.2 Å². The summed E-state index contributed by atoms with van der Waals surface area (Å²) in [5, 5.41) is 6.47. The number of aromatic nitrogens is 3. The lowest BCUT2D eigenvalue weighted by atomic mass is 10.2. The van der Waals surface area contributed by atoms with Crippen LogP contribution in [0.1, 0.15) is 22.1 Å². The lowest BCUT2D eigenvalue weighted by Gasteiger charge is -2.07. The molecule has 8 heteroatoms. The van der Waals surface area contributed by atoms with Gasteiger partial charge in [-0.25, -0.2) is 0 Å².